The van der Waals surface area contributed by atoms with Crippen molar-refractivity contribution in [1.29, 1.82) is 0 Å². The van der Waals surface area contributed by atoms with Crippen LogP contribution in [0.4, 0.5) is 13.2 Å². The molecule has 0 bridgehead atoms. The second-order valence-electron chi connectivity index (χ2n) is 5.86. The monoisotopic (exact) mass is 426 g/mol. The van der Waals surface area contributed by atoms with Crippen molar-refractivity contribution in [2.24, 2.45) is 0 Å². The molecule has 0 fully saturated rings. The maximum absolute atomic E-state index is 13.4. The van der Waals surface area contributed by atoms with E-state index in [4.69, 9.17) is 11.6 Å². The predicted octanol–water partition coefficient (Wildman–Crippen LogP) is 4.82. The topological polar surface area (TPSA) is 59.1 Å². The molecular weight excluding hydrogens is 413 g/mol. The summed E-state index contributed by atoms with van der Waals surface area (Å²) in [5, 5.41) is -0.212. The summed E-state index contributed by atoms with van der Waals surface area (Å²) in [6.07, 6.45) is -3.41. The van der Waals surface area contributed by atoms with E-state index in [9.17, 15) is 21.6 Å². The minimum atomic E-state index is -4.89. The van der Waals surface area contributed by atoms with Crippen molar-refractivity contribution in [2.75, 3.05) is 0 Å². The molecule has 3 rings (SSSR count). The number of hydrogen-bond acceptors (Lipinski definition) is 3. The number of hydrogen-bond donors (Lipinski definition) is 1. The summed E-state index contributed by atoms with van der Waals surface area (Å²) in [4.78, 5) is 3.25. The zero-order chi connectivity index (χ0) is 20.4. The molecule has 3 aromatic rings. The lowest BCUT2D eigenvalue weighted by Gasteiger charge is -2.20. The Morgan fingerprint density at radius 2 is 1.64 bits per heavy atom. The maximum Gasteiger partial charge on any atom is 0.417 e. The van der Waals surface area contributed by atoms with E-state index in [2.05, 4.69) is 9.71 Å². The Morgan fingerprint density at radius 3 is 2.25 bits per heavy atom. The van der Waals surface area contributed by atoms with Gasteiger partial charge in [-0.1, -0.05) is 48.0 Å². The Balaban J connectivity index is 2.09. The van der Waals surface area contributed by atoms with Crippen molar-refractivity contribution >= 4 is 21.6 Å². The first-order chi connectivity index (χ1) is 13.2. The van der Waals surface area contributed by atoms with Crippen molar-refractivity contribution in [3.8, 4) is 0 Å². The molecule has 1 N–H and O–H groups in total. The predicted molar refractivity (Wildman–Crippen MR) is 99.3 cm³/mol. The van der Waals surface area contributed by atoms with E-state index in [-0.39, 0.29) is 5.02 Å². The first-order valence-electron chi connectivity index (χ1n) is 8.03. The van der Waals surface area contributed by atoms with E-state index in [1.165, 1.54) is 6.20 Å². The molecule has 2 aromatic carbocycles. The van der Waals surface area contributed by atoms with Crippen molar-refractivity contribution < 1.29 is 21.6 Å². The van der Waals surface area contributed by atoms with Gasteiger partial charge in [-0.05, 0) is 35.9 Å². The lowest BCUT2D eigenvalue weighted by molar-refractivity contribution is -0.139. The summed E-state index contributed by atoms with van der Waals surface area (Å²) in [5.41, 5.74) is -0.451. The molecule has 9 heteroatoms. The van der Waals surface area contributed by atoms with Crippen molar-refractivity contribution in [1.82, 2.24) is 9.71 Å². The van der Waals surface area contributed by atoms with Crippen LogP contribution in [0.1, 0.15) is 22.9 Å². The van der Waals surface area contributed by atoms with Crippen LogP contribution in [0.15, 0.2) is 77.8 Å². The van der Waals surface area contributed by atoms with Crippen LogP contribution in [-0.2, 0) is 16.2 Å². The van der Waals surface area contributed by atoms with Crippen LogP contribution < -0.4 is 4.72 Å². The van der Waals surface area contributed by atoms with Crippen LogP contribution in [0.3, 0.4) is 0 Å². The van der Waals surface area contributed by atoms with Crippen LogP contribution in [-0.4, -0.2) is 13.4 Å². The molecule has 0 aliphatic rings. The third-order valence-electron chi connectivity index (χ3n) is 3.93. The van der Waals surface area contributed by atoms with Crippen molar-refractivity contribution in [2.45, 2.75) is 17.1 Å². The number of aromatic nitrogens is 1. The van der Waals surface area contributed by atoms with Gasteiger partial charge in [0.15, 0.2) is 0 Å². The van der Waals surface area contributed by atoms with E-state index in [1.807, 2.05) is 0 Å². The zero-order valence-corrected chi connectivity index (χ0v) is 15.8. The molecule has 1 aromatic heterocycles. The molecule has 0 saturated carbocycles. The molecule has 0 radical (unpaired) electrons. The van der Waals surface area contributed by atoms with Gasteiger partial charge < -0.3 is 0 Å². The first kappa shape index (κ1) is 20.3. The molecule has 28 heavy (non-hydrogen) atoms. The van der Waals surface area contributed by atoms with Crippen LogP contribution in [0.25, 0.3) is 0 Å². The van der Waals surface area contributed by atoms with Gasteiger partial charge in [0.05, 0.1) is 22.2 Å². The zero-order valence-electron chi connectivity index (χ0n) is 14.2. The minimum absolute atomic E-state index is 0.212. The van der Waals surface area contributed by atoms with E-state index in [0.29, 0.717) is 17.3 Å². The summed E-state index contributed by atoms with van der Waals surface area (Å²) in [6.45, 7) is 0. The summed E-state index contributed by atoms with van der Waals surface area (Å²) >= 11 is 5.65. The molecule has 1 atom stereocenters. The molecule has 0 amide bonds. The molecule has 0 unspecified atom stereocenters. The molecule has 0 spiro atoms. The molecular formula is C19H14ClF3N2O2S. The van der Waals surface area contributed by atoms with Crippen LogP contribution >= 0.6 is 11.6 Å². The lowest BCUT2D eigenvalue weighted by Crippen LogP contribution is -2.31. The van der Waals surface area contributed by atoms with Crippen molar-refractivity contribution in [3.63, 3.8) is 0 Å². The van der Waals surface area contributed by atoms with Gasteiger partial charge in [-0.25, -0.2) is 8.42 Å². The fourth-order valence-corrected chi connectivity index (χ4v) is 4.25. The Labute approximate surface area is 165 Å². The van der Waals surface area contributed by atoms with E-state index < -0.39 is 32.7 Å². The van der Waals surface area contributed by atoms with Crippen LogP contribution in [0.5, 0.6) is 0 Å². The van der Waals surface area contributed by atoms with Crippen LogP contribution in [0.2, 0.25) is 5.02 Å². The van der Waals surface area contributed by atoms with Gasteiger partial charge >= 0.3 is 6.18 Å². The summed E-state index contributed by atoms with van der Waals surface area (Å²) < 4.78 is 68.2. The summed E-state index contributed by atoms with van der Waals surface area (Å²) in [5.74, 6) is 0. The molecule has 0 aliphatic carbocycles. The number of sulfonamides is 1. The molecule has 0 aliphatic heterocycles. The SMILES string of the molecule is O=S(=O)(N[C@@H](c1ccccc1)c1ccccn1)c1ccc(Cl)cc1C(F)(F)F. The standard InChI is InChI=1S/C19H14ClF3N2O2S/c20-14-9-10-17(15(12-14)19(21,22)23)28(26,27)25-18(13-6-2-1-3-7-13)16-8-4-5-11-24-16/h1-12,18,25H/t18-/m0/s1. The highest BCUT2D eigenvalue weighted by Crippen LogP contribution is 2.36. The Morgan fingerprint density at radius 1 is 0.964 bits per heavy atom. The maximum atomic E-state index is 13.4. The molecule has 146 valence electrons. The fourth-order valence-electron chi connectivity index (χ4n) is 2.67. The molecule has 4 nitrogen and oxygen atoms in total. The van der Waals surface area contributed by atoms with Crippen molar-refractivity contribution in [3.05, 3.63) is 94.8 Å². The first-order valence-corrected chi connectivity index (χ1v) is 9.89. The number of halogens is 4. The lowest BCUT2D eigenvalue weighted by atomic mass is 10.0. The average Bonchev–Trinajstić information content (AvgIpc) is 2.66. The third-order valence-corrected chi connectivity index (χ3v) is 5.64. The number of pyridine rings is 1. The largest absolute Gasteiger partial charge is 0.417 e. The van der Waals surface area contributed by atoms with Gasteiger partial charge in [0.25, 0.3) is 0 Å². The van der Waals surface area contributed by atoms with Crippen LogP contribution in [0, 0.1) is 0 Å². The fraction of sp³-hybridized carbons (Fsp3) is 0.105. The molecule has 0 saturated heterocycles. The second kappa shape index (κ2) is 7.90. The number of rotatable bonds is 5. The number of nitrogens with zero attached hydrogens (tertiary/aromatic N) is 1. The minimum Gasteiger partial charge on any atom is -0.259 e. The number of nitrogens with one attached hydrogen (secondary N) is 1. The Hall–Kier alpha value is -2.42. The molecule has 1 heterocycles. The van der Waals surface area contributed by atoms with Gasteiger partial charge in [-0.2, -0.15) is 17.9 Å². The summed E-state index contributed by atoms with van der Waals surface area (Å²) in [7, 11) is -4.55. The quantitative estimate of drug-likeness (QED) is 0.636. The normalized spacial score (nSPS) is 13.3. The smallest absolute Gasteiger partial charge is 0.259 e. The van der Waals surface area contributed by atoms with E-state index >= 15 is 0 Å². The Bertz CT molecular complexity index is 1020. The van der Waals surface area contributed by atoms with E-state index in [0.717, 1.165) is 12.1 Å². The highest BCUT2D eigenvalue weighted by atomic mass is 35.5. The highest BCUT2D eigenvalue weighted by Gasteiger charge is 2.38. The van der Waals surface area contributed by atoms with Gasteiger partial charge in [0.2, 0.25) is 10.0 Å². The average molecular weight is 427 g/mol. The van der Waals surface area contributed by atoms with E-state index in [1.54, 1.807) is 48.5 Å². The number of benzene rings is 2. The van der Waals surface area contributed by atoms with Gasteiger partial charge in [0.1, 0.15) is 0 Å². The van der Waals surface area contributed by atoms with Gasteiger partial charge in [-0.3, -0.25) is 4.98 Å². The highest BCUT2D eigenvalue weighted by molar-refractivity contribution is 7.89. The van der Waals surface area contributed by atoms with Gasteiger partial charge in [0, 0.05) is 11.2 Å². The third kappa shape index (κ3) is 4.52. The number of alkyl halides is 3. The van der Waals surface area contributed by atoms with Gasteiger partial charge in [-0.15, -0.1) is 0 Å². The summed E-state index contributed by atoms with van der Waals surface area (Å²) in [6, 6.07) is 14.9. The second-order valence-corrected chi connectivity index (χ2v) is 7.98. The Kier molecular flexibility index (Phi) is 5.74.